The van der Waals surface area contributed by atoms with Gasteiger partial charge in [-0.15, -0.1) is 0 Å². The molecule has 0 spiro atoms. The van der Waals surface area contributed by atoms with E-state index >= 15 is 0 Å². The first-order valence-corrected chi connectivity index (χ1v) is 7.40. The van der Waals surface area contributed by atoms with E-state index in [9.17, 15) is 8.78 Å². The number of methoxy groups -OCH3 is 1. The first-order chi connectivity index (χ1) is 9.15. The Hall–Kier alpha value is -0.590. The molecular formula is C13H21F2NO2S. The summed E-state index contributed by atoms with van der Waals surface area (Å²) in [7, 11) is 1.68. The fraction of sp³-hybridized carbons (Fsp3) is 0.692. The molecule has 1 unspecified atom stereocenters. The molecule has 0 radical (unpaired) electrons. The molecular weight excluding hydrogens is 272 g/mol. The van der Waals surface area contributed by atoms with E-state index in [0.29, 0.717) is 36.7 Å². The molecule has 0 aliphatic carbocycles. The standard InChI is InChI=1S/C13H21F2NO2S/c1-3-4-10(8-17-2)16-7-11-5-6-12(18-11)9-19-13(14)15/h5-6,10,13,16H,3-4,7-9H2,1-2H3. The van der Waals surface area contributed by atoms with Crippen LogP contribution in [0.15, 0.2) is 16.5 Å². The second-order valence-electron chi connectivity index (χ2n) is 4.26. The van der Waals surface area contributed by atoms with Crippen LogP contribution in [0.1, 0.15) is 31.3 Å². The van der Waals surface area contributed by atoms with Crippen molar-refractivity contribution >= 4 is 11.8 Å². The Bertz CT molecular complexity index is 341. The third-order valence-corrected chi connectivity index (χ3v) is 3.34. The van der Waals surface area contributed by atoms with Crippen molar-refractivity contribution in [3.63, 3.8) is 0 Å². The molecule has 0 aliphatic rings. The first-order valence-electron chi connectivity index (χ1n) is 6.35. The fourth-order valence-electron chi connectivity index (χ4n) is 1.78. The summed E-state index contributed by atoms with van der Waals surface area (Å²) in [6.07, 6.45) is 2.11. The molecule has 0 amide bonds. The van der Waals surface area contributed by atoms with E-state index in [1.165, 1.54) is 0 Å². The molecule has 1 rings (SSSR count). The molecule has 0 fully saturated rings. The highest BCUT2D eigenvalue weighted by Crippen LogP contribution is 2.21. The van der Waals surface area contributed by atoms with Crippen molar-refractivity contribution in [1.29, 1.82) is 0 Å². The normalized spacial score (nSPS) is 13.1. The zero-order chi connectivity index (χ0) is 14.1. The van der Waals surface area contributed by atoms with Gasteiger partial charge >= 0.3 is 0 Å². The van der Waals surface area contributed by atoms with Crippen LogP contribution in [0.4, 0.5) is 8.78 Å². The van der Waals surface area contributed by atoms with Gasteiger partial charge in [-0.1, -0.05) is 25.1 Å². The number of hydrogen-bond donors (Lipinski definition) is 1. The summed E-state index contributed by atoms with van der Waals surface area (Å²) in [5.74, 6) is -0.807. The summed E-state index contributed by atoms with van der Waals surface area (Å²) in [6, 6.07) is 3.86. The highest BCUT2D eigenvalue weighted by molar-refractivity contribution is 7.98. The van der Waals surface area contributed by atoms with E-state index in [1.807, 2.05) is 6.07 Å². The van der Waals surface area contributed by atoms with Crippen LogP contribution in [-0.2, 0) is 17.0 Å². The van der Waals surface area contributed by atoms with Crippen molar-refractivity contribution in [2.24, 2.45) is 0 Å². The van der Waals surface area contributed by atoms with Crippen molar-refractivity contribution in [3.8, 4) is 0 Å². The number of hydrogen-bond acceptors (Lipinski definition) is 4. The lowest BCUT2D eigenvalue weighted by Crippen LogP contribution is -2.32. The Kier molecular flexibility index (Phi) is 8.09. The van der Waals surface area contributed by atoms with Gasteiger partial charge in [0.05, 0.1) is 18.9 Å². The maximum atomic E-state index is 12.0. The Morgan fingerprint density at radius 2 is 2.11 bits per heavy atom. The van der Waals surface area contributed by atoms with Crippen LogP contribution in [0.2, 0.25) is 0 Å². The zero-order valence-corrected chi connectivity index (χ0v) is 12.1. The number of ether oxygens (including phenoxy) is 1. The highest BCUT2D eigenvalue weighted by Gasteiger charge is 2.10. The summed E-state index contributed by atoms with van der Waals surface area (Å²) in [5, 5.41) is 3.34. The quantitative estimate of drug-likeness (QED) is 0.714. The van der Waals surface area contributed by atoms with E-state index in [-0.39, 0.29) is 5.75 Å². The van der Waals surface area contributed by atoms with E-state index in [0.717, 1.165) is 18.6 Å². The number of alkyl halides is 2. The number of furan rings is 1. The third kappa shape index (κ3) is 6.94. The minimum atomic E-state index is -2.36. The molecule has 1 aromatic heterocycles. The molecule has 0 aromatic carbocycles. The molecule has 1 atom stereocenters. The summed E-state index contributed by atoms with van der Waals surface area (Å²) in [5.41, 5.74) is 0. The maximum absolute atomic E-state index is 12.0. The van der Waals surface area contributed by atoms with Crippen molar-refractivity contribution in [2.75, 3.05) is 13.7 Å². The molecule has 6 heteroatoms. The van der Waals surface area contributed by atoms with Crippen LogP contribution < -0.4 is 5.32 Å². The third-order valence-electron chi connectivity index (χ3n) is 2.64. The van der Waals surface area contributed by atoms with Crippen LogP contribution in [0.5, 0.6) is 0 Å². The molecule has 1 aromatic rings. The molecule has 0 aliphatic heterocycles. The van der Waals surface area contributed by atoms with E-state index in [1.54, 1.807) is 13.2 Å². The molecule has 3 nitrogen and oxygen atoms in total. The Balaban J connectivity index is 2.35. The monoisotopic (exact) mass is 293 g/mol. The van der Waals surface area contributed by atoms with Gasteiger partial charge in [0.15, 0.2) is 0 Å². The molecule has 0 bridgehead atoms. The molecule has 0 saturated heterocycles. The number of thioether (sulfide) groups is 1. The minimum absolute atomic E-state index is 0.203. The Morgan fingerprint density at radius 1 is 1.37 bits per heavy atom. The summed E-state index contributed by atoms with van der Waals surface area (Å²) < 4.78 is 34.7. The Labute approximate surface area is 117 Å². The van der Waals surface area contributed by atoms with Crippen LogP contribution >= 0.6 is 11.8 Å². The lowest BCUT2D eigenvalue weighted by Gasteiger charge is -2.16. The topological polar surface area (TPSA) is 34.4 Å². The largest absolute Gasteiger partial charge is 0.464 e. The minimum Gasteiger partial charge on any atom is -0.464 e. The van der Waals surface area contributed by atoms with Crippen molar-refractivity contribution in [3.05, 3.63) is 23.7 Å². The van der Waals surface area contributed by atoms with Crippen LogP contribution in [0.25, 0.3) is 0 Å². The predicted octanol–water partition coefficient (Wildman–Crippen LogP) is 3.64. The Morgan fingerprint density at radius 3 is 2.74 bits per heavy atom. The van der Waals surface area contributed by atoms with Gasteiger partial charge in [0.25, 0.3) is 5.76 Å². The van der Waals surface area contributed by atoms with E-state index in [2.05, 4.69) is 12.2 Å². The average Bonchev–Trinajstić information content (AvgIpc) is 2.82. The van der Waals surface area contributed by atoms with Gasteiger partial charge in [0.2, 0.25) is 0 Å². The molecule has 1 heterocycles. The van der Waals surface area contributed by atoms with Crippen LogP contribution in [-0.4, -0.2) is 25.5 Å². The predicted molar refractivity (Wildman–Crippen MR) is 73.4 cm³/mol. The summed E-state index contributed by atoms with van der Waals surface area (Å²) in [6.45, 7) is 3.37. The molecule has 110 valence electrons. The number of rotatable bonds is 10. The van der Waals surface area contributed by atoms with Gasteiger partial charge in [-0.25, -0.2) is 0 Å². The smallest absolute Gasteiger partial charge is 0.284 e. The van der Waals surface area contributed by atoms with Gasteiger partial charge in [-0.3, -0.25) is 0 Å². The zero-order valence-electron chi connectivity index (χ0n) is 11.3. The maximum Gasteiger partial charge on any atom is 0.284 e. The second kappa shape index (κ2) is 9.34. The van der Waals surface area contributed by atoms with Crippen molar-refractivity contribution < 1.29 is 17.9 Å². The van der Waals surface area contributed by atoms with Gasteiger partial charge < -0.3 is 14.5 Å². The van der Waals surface area contributed by atoms with Crippen molar-refractivity contribution in [2.45, 2.75) is 43.9 Å². The molecule has 19 heavy (non-hydrogen) atoms. The second-order valence-corrected chi connectivity index (χ2v) is 5.24. The van der Waals surface area contributed by atoms with Crippen LogP contribution in [0.3, 0.4) is 0 Å². The molecule has 1 N–H and O–H groups in total. The average molecular weight is 293 g/mol. The van der Waals surface area contributed by atoms with Gasteiger partial charge in [0, 0.05) is 13.2 Å². The molecule has 0 saturated carbocycles. The lowest BCUT2D eigenvalue weighted by molar-refractivity contribution is 0.160. The van der Waals surface area contributed by atoms with Crippen molar-refractivity contribution in [1.82, 2.24) is 5.32 Å². The lowest BCUT2D eigenvalue weighted by atomic mass is 10.2. The van der Waals surface area contributed by atoms with E-state index in [4.69, 9.17) is 9.15 Å². The SMILES string of the molecule is CCCC(COC)NCc1ccc(CSC(F)F)o1. The van der Waals surface area contributed by atoms with E-state index < -0.39 is 5.76 Å². The van der Waals surface area contributed by atoms with Crippen LogP contribution in [0, 0.1) is 0 Å². The number of halogens is 2. The van der Waals surface area contributed by atoms with Gasteiger partial charge in [0.1, 0.15) is 11.5 Å². The summed E-state index contributed by atoms with van der Waals surface area (Å²) in [4.78, 5) is 0. The highest BCUT2D eigenvalue weighted by atomic mass is 32.2. The summed E-state index contributed by atoms with van der Waals surface area (Å²) >= 11 is 0.571. The number of nitrogens with one attached hydrogen (secondary N) is 1. The van der Waals surface area contributed by atoms with Gasteiger partial charge in [-0.05, 0) is 18.6 Å². The van der Waals surface area contributed by atoms with Gasteiger partial charge in [-0.2, -0.15) is 8.78 Å². The first kappa shape index (κ1) is 16.5. The fourth-order valence-corrected chi connectivity index (χ4v) is 2.22.